The molecule has 1 unspecified atom stereocenters. The smallest absolute Gasteiger partial charge is 0.148 e. The molecule has 106 valence electrons. The van der Waals surface area contributed by atoms with Crippen molar-refractivity contribution in [1.82, 2.24) is 10.2 Å². The monoisotopic (exact) mass is 336 g/mol. The normalized spacial score (nSPS) is 12.0. The van der Waals surface area contributed by atoms with Gasteiger partial charge in [0, 0.05) is 22.6 Å². The number of nitrogens with one attached hydrogen (secondary N) is 1. The maximum absolute atomic E-state index is 5.56. The van der Waals surface area contributed by atoms with Gasteiger partial charge >= 0.3 is 0 Å². The van der Waals surface area contributed by atoms with Crippen molar-refractivity contribution in [2.24, 2.45) is 5.73 Å². The zero-order valence-corrected chi connectivity index (χ0v) is 13.0. The van der Waals surface area contributed by atoms with E-state index in [-0.39, 0.29) is 6.04 Å². The lowest BCUT2D eigenvalue weighted by atomic mass is 10.1. The minimum absolute atomic E-state index is 0.163. The van der Waals surface area contributed by atoms with Crippen LogP contribution < -0.4 is 15.8 Å². The molecule has 20 heavy (non-hydrogen) atoms. The fraction of sp³-hybridized carbons (Fsp3) is 0.286. The van der Waals surface area contributed by atoms with Crippen molar-refractivity contribution < 1.29 is 4.74 Å². The first-order valence-corrected chi connectivity index (χ1v) is 7.07. The summed E-state index contributed by atoms with van der Waals surface area (Å²) in [5.74, 6) is 1.47. The lowest BCUT2D eigenvalue weighted by molar-refractivity contribution is 0.416. The fourth-order valence-corrected chi connectivity index (χ4v) is 2.11. The molecular weight excluding hydrogens is 320 g/mol. The topological polar surface area (TPSA) is 73.1 Å². The van der Waals surface area contributed by atoms with E-state index < -0.39 is 0 Å². The summed E-state index contributed by atoms with van der Waals surface area (Å²) in [6, 6.07) is 9.73. The molecule has 6 heteroatoms. The fourth-order valence-electron chi connectivity index (χ4n) is 1.74. The molecule has 2 aromatic rings. The molecule has 0 aliphatic rings. The number of hydrogen-bond donors (Lipinski definition) is 2. The average Bonchev–Trinajstić information content (AvgIpc) is 2.48. The van der Waals surface area contributed by atoms with Crippen LogP contribution in [0.1, 0.15) is 6.92 Å². The third-order valence-electron chi connectivity index (χ3n) is 2.85. The molecule has 0 saturated carbocycles. The van der Waals surface area contributed by atoms with Gasteiger partial charge in [-0.3, -0.25) is 0 Å². The van der Waals surface area contributed by atoms with Crippen molar-refractivity contribution in [3.05, 3.63) is 34.8 Å². The predicted octanol–water partition coefficient (Wildman–Crippen LogP) is 2.67. The highest BCUT2D eigenvalue weighted by molar-refractivity contribution is 9.10. The van der Waals surface area contributed by atoms with E-state index in [1.54, 1.807) is 7.11 Å². The molecule has 0 saturated heterocycles. The van der Waals surface area contributed by atoms with Crippen molar-refractivity contribution in [3.63, 3.8) is 0 Å². The van der Waals surface area contributed by atoms with Crippen LogP contribution in [0, 0.1) is 0 Å². The quantitative estimate of drug-likeness (QED) is 0.878. The van der Waals surface area contributed by atoms with Gasteiger partial charge in [-0.15, -0.1) is 10.2 Å². The summed E-state index contributed by atoms with van der Waals surface area (Å²) < 4.78 is 6.31. The molecule has 0 spiro atoms. The van der Waals surface area contributed by atoms with Crippen LogP contribution in [-0.4, -0.2) is 29.9 Å². The van der Waals surface area contributed by atoms with Gasteiger partial charge in [-0.1, -0.05) is 15.9 Å². The second kappa shape index (κ2) is 6.67. The van der Waals surface area contributed by atoms with Crippen LogP contribution in [0.15, 0.2) is 34.8 Å². The molecule has 0 fully saturated rings. The van der Waals surface area contributed by atoms with Crippen LogP contribution in [0.3, 0.4) is 0 Å². The van der Waals surface area contributed by atoms with Crippen molar-refractivity contribution >= 4 is 21.7 Å². The van der Waals surface area contributed by atoms with Gasteiger partial charge in [0.15, 0.2) is 0 Å². The summed E-state index contributed by atoms with van der Waals surface area (Å²) in [5.41, 5.74) is 7.22. The molecule has 0 amide bonds. The van der Waals surface area contributed by atoms with E-state index in [0.717, 1.165) is 21.5 Å². The van der Waals surface area contributed by atoms with Gasteiger partial charge in [0.1, 0.15) is 11.6 Å². The number of anilines is 1. The van der Waals surface area contributed by atoms with Gasteiger partial charge < -0.3 is 15.8 Å². The predicted molar refractivity (Wildman–Crippen MR) is 83.9 cm³/mol. The van der Waals surface area contributed by atoms with Crippen molar-refractivity contribution in [2.45, 2.75) is 13.0 Å². The molecular formula is C14H17BrN4O. The summed E-state index contributed by atoms with van der Waals surface area (Å²) in [5, 5.41) is 11.6. The maximum atomic E-state index is 5.56. The van der Waals surface area contributed by atoms with E-state index in [1.807, 2.05) is 37.3 Å². The highest BCUT2D eigenvalue weighted by Gasteiger charge is 2.09. The number of methoxy groups -OCH3 is 1. The summed E-state index contributed by atoms with van der Waals surface area (Å²) in [7, 11) is 1.64. The van der Waals surface area contributed by atoms with E-state index in [9.17, 15) is 0 Å². The van der Waals surface area contributed by atoms with Gasteiger partial charge in [0.2, 0.25) is 0 Å². The van der Waals surface area contributed by atoms with E-state index in [4.69, 9.17) is 10.5 Å². The van der Waals surface area contributed by atoms with Gasteiger partial charge in [-0.05, 0) is 37.3 Å². The number of benzene rings is 1. The Morgan fingerprint density at radius 2 is 2.10 bits per heavy atom. The molecule has 0 aliphatic carbocycles. The van der Waals surface area contributed by atoms with Crippen LogP contribution in [0.2, 0.25) is 0 Å². The Labute approximate surface area is 126 Å². The molecule has 3 N–H and O–H groups in total. The molecule has 2 rings (SSSR count). The number of halogens is 1. The molecule has 1 atom stereocenters. The zero-order valence-electron chi connectivity index (χ0n) is 11.4. The zero-order chi connectivity index (χ0) is 14.5. The average molecular weight is 337 g/mol. The summed E-state index contributed by atoms with van der Waals surface area (Å²) >= 11 is 3.45. The van der Waals surface area contributed by atoms with Crippen LogP contribution in [0.25, 0.3) is 11.3 Å². The van der Waals surface area contributed by atoms with E-state index in [2.05, 4.69) is 31.4 Å². The molecule has 0 bridgehead atoms. The largest absolute Gasteiger partial charge is 0.496 e. The minimum atomic E-state index is 0.163. The first-order valence-electron chi connectivity index (χ1n) is 6.28. The Hall–Kier alpha value is -1.66. The Morgan fingerprint density at radius 1 is 1.30 bits per heavy atom. The molecule has 1 aromatic heterocycles. The second-order valence-electron chi connectivity index (χ2n) is 4.43. The first-order chi connectivity index (χ1) is 9.63. The third kappa shape index (κ3) is 3.46. The maximum Gasteiger partial charge on any atom is 0.148 e. The SMILES string of the molecule is COc1ccc(Br)cc1-c1ccc(NC(C)CN)nn1. The van der Waals surface area contributed by atoms with Crippen molar-refractivity contribution in [3.8, 4) is 17.0 Å². The Balaban J connectivity index is 2.28. The van der Waals surface area contributed by atoms with E-state index in [0.29, 0.717) is 12.4 Å². The van der Waals surface area contributed by atoms with Crippen LogP contribution in [0.4, 0.5) is 5.82 Å². The lowest BCUT2D eigenvalue weighted by Crippen LogP contribution is -2.25. The molecule has 0 radical (unpaired) electrons. The summed E-state index contributed by atoms with van der Waals surface area (Å²) in [4.78, 5) is 0. The molecule has 1 heterocycles. The van der Waals surface area contributed by atoms with Gasteiger partial charge in [0.25, 0.3) is 0 Å². The molecule has 5 nitrogen and oxygen atoms in total. The number of nitrogens with zero attached hydrogens (tertiary/aromatic N) is 2. The second-order valence-corrected chi connectivity index (χ2v) is 5.35. The molecule has 1 aromatic carbocycles. The first kappa shape index (κ1) is 14.7. The number of hydrogen-bond acceptors (Lipinski definition) is 5. The number of ether oxygens (including phenoxy) is 1. The Bertz CT molecular complexity index is 574. The van der Waals surface area contributed by atoms with Gasteiger partial charge in [-0.2, -0.15) is 0 Å². The van der Waals surface area contributed by atoms with Crippen LogP contribution in [0.5, 0.6) is 5.75 Å². The van der Waals surface area contributed by atoms with E-state index >= 15 is 0 Å². The standard InChI is InChI=1S/C14H17BrN4O/c1-9(8-16)17-14-6-4-12(18-19-14)11-7-10(15)3-5-13(11)20-2/h3-7,9H,8,16H2,1-2H3,(H,17,19). The van der Waals surface area contributed by atoms with E-state index in [1.165, 1.54) is 0 Å². The minimum Gasteiger partial charge on any atom is -0.496 e. The molecule has 0 aliphatic heterocycles. The number of aromatic nitrogens is 2. The summed E-state index contributed by atoms with van der Waals surface area (Å²) in [6.45, 7) is 2.54. The Kier molecular flexibility index (Phi) is 4.92. The van der Waals surface area contributed by atoms with Crippen molar-refractivity contribution in [2.75, 3.05) is 19.0 Å². The third-order valence-corrected chi connectivity index (χ3v) is 3.34. The lowest BCUT2D eigenvalue weighted by Gasteiger charge is -2.12. The highest BCUT2D eigenvalue weighted by Crippen LogP contribution is 2.31. The number of nitrogens with two attached hydrogens (primary N) is 1. The highest BCUT2D eigenvalue weighted by atomic mass is 79.9. The van der Waals surface area contributed by atoms with Crippen LogP contribution in [-0.2, 0) is 0 Å². The van der Waals surface area contributed by atoms with Gasteiger partial charge in [0.05, 0.1) is 12.8 Å². The van der Waals surface area contributed by atoms with Gasteiger partial charge in [-0.25, -0.2) is 0 Å². The number of rotatable bonds is 5. The van der Waals surface area contributed by atoms with Crippen LogP contribution >= 0.6 is 15.9 Å². The summed E-state index contributed by atoms with van der Waals surface area (Å²) in [6.07, 6.45) is 0. The Morgan fingerprint density at radius 3 is 2.70 bits per heavy atom. The van der Waals surface area contributed by atoms with Crippen molar-refractivity contribution in [1.29, 1.82) is 0 Å².